The molecular formula is C11H22N2O4. The van der Waals surface area contributed by atoms with Gasteiger partial charge in [-0.3, -0.25) is 9.59 Å². The van der Waals surface area contributed by atoms with Gasteiger partial charge in [0, 0.05) is 5.48 Å². The lowest BCUT2D eigenvalue weighted by molar-refractivity contribution is -0.142. The maximum Gasteiger partial charge on any atom is 0.322 e. The molecule has 17 heavy (non-hydrogen) atoms. The molecule has 0 spiro atoms. The first kappa shape index (κ1) is 9.85. The van der Waals surface area contributed by atoms with Gasteiger partial charge in [0.2, 0.25) is 0 Å². The van der Waals surface area contributed by atoms with Crippen molar-refractivity contribution in [1.82, 2.24) is 5.32 Å². The zero-order chi connectivity index (χ0) is 16.7. The number of rotatable bonds is 9. The number of carbonyl (C=O) groups excluding carboxylic acids is 2. The molecule has 0 aromatic carbocycles. The summed E-state index contributed by atoms with van der Waals surface area (Å²) in [6.07, 6.45) is -5.23. The molecule has 0 aromatic rings. The summed E-state index contributed by atoms with van der Waals surface area (Å²) in [5.41, 5.74) is 5.45. The van der Waals surface area contributed by atoms with Gasteiger partial charge >= 0.3 is 11.9 Å². The lowest BCUT2D eigenvalue weighted by atomic mass is 10.1. The number of nitrogens with two attached hydrogens (primary N) is 1. The number of methoxy groups -OCH3 is 1. The Hall–Kier alpha value is -1.14. The quantitative estimate of drug-likeness (QED) is 0.551. The third-order valence-corrected chi connectivity index (χ3v) is 1.74. The van der Waals surface area contributed by atoms with Crippen LogP contribution in [-0.2, 0) is 19.1 Å². The molecule has 0 aliphatic heterocycles. The van der Waals surface area contributed by atoms with Crippen LogP contribution in [0.3, 0.4) is 0 Å². The van der Waals surface area contributed by atoms with Crippen molar-refractivity contribution >= 4 is 11.9 Å². The maximum atomic E-state index is 11.2. The summed E-state index contributed by atoms with van der Waals surface area (Å²) in [6.45, 7) is 1.20. The van der Waals surface area contributed by atoms with Gasteiger partial charge in [-0.25, -0.2) is 0 Å². The van der Waals surface area contributed by atoms with E-state index >= 15 is 0 Å². The fourth-order valence-electron chi connectivity index (χ4n) is 0.918. The highest BCUT2D eigenvalue weighted by atomic mass is 16.5. The topological polar surface area (TPSA) is 90.6 Å². The van der Waals surface area contributed by atoms with E-state index in [1.165, 1.54) is 0 Å². The van der Waals surface area contributed by atoms with Gasteiger partial charge < -0.3 is 20.5 Å². The van der Waals surface area contributed by atoms with Crippen LogP contribution in [0, 0.1) is 0 Å². The smallest absolute Gasteiger partial charge is 0.322 e. The predicted octanol–water partition coefficient (Wildman–Crippen LogP) is -0.190. The number of carbonyl (C=O) groups is 2. The van der Waals surface area contributed by atoms with E-state index in [1.54, 1.807) is 6.92 Å². The lowest BCUT2D eigenvalue weighted by Gasteiger charge is -2.08. The molecule has 0 saturated carbocycles. The van der Waals surface area contributed by atoms with E-state index < -0.39 is 43.7 Å². The van der Waals surface area contributed by atoms with Crippen LogP contribution in [0.25, 0.3) is 0 Å². The molecule has 3 N–H and O–H groups in total. The van der Waals surface area contributed by atoms with Crippen LogP contribution in [0.5, 0.6) is 0 Å². The van der Waals surface area contributed by atoms with E-state index in [0.29, 0.717) is 0 Å². The molecular weight excluding hydrogens is 224 g/mol. The molecule has 6 nitrogen and oxygen atoms in total. The van der Waals surface area contributed by atoms with Gasteiger partial charge in [-0.2, -0.15) is 0 Å². The molecule has 0 radical (unpaired) electrons. The summed E-state index contributed by atoms with van der Waals surface area (Å²) in [7, 11) is 1.12. The van der Waals surface area contributed by atoms with Crippen molar-refractivity contribution < 1.29 is 24.5 Å². The van der Waals surface area contributed by atoms with Gasteiger partial charge in [-0.15, -0.1) is 0 Å². The largest absolute Gasteiger partial charge is 0.468 e. The Morgan fingerprint density at radius 2 is 2.18 bits per heavy atom. The lowest BCUT2D eigenvalue weighted by Crippen LogP contribution is -2.31. The average Bonchev–Trinajstić information content (AvgIpc) is 2.37. The standard InChI is InChI=1S/C11H22N2O4/c1-3-17-10(14)8-13-7-5-4-6-9(12)11(15)16-2/h9,13H,3-8,12H2,1-2H3/t9-/m1/s1/i4D2,5D2. The van der Waals surface area contributed by atoms with Crippen molar-refractivity contribution in [1.29, 1.82) is 0 Å². The van der Waals surface area contributed by atoms with Gasteiger partial charge in [-0.05, 0) is 26.3 Å². The van der Waals surface area contributed by atoms with E-state index in [4.69, 9.17) is 11.2 Å². The summed E-state index contributed by atoms with van der Waals surface area (Å²) < 4.78 is 40.0. The van der Waals surface area contributed by atoms with Crippen LogP contribution >= 0.6 is 0 Å². The number of nitrogens with one attached hydrogen (secondary N) is 1. The second-order valence-electron chi connectivity index (χ2n) is 3.10. The first-order valence-electron chi connectivity index (χ1n) is 7.27. The Kier molecular flexibility index (Phi) is 5.82. The Morgan fingerprint density at radius 1 is 1.47 bits per heavy atom. The molecule has 0 saturated heterocycles. The van der Waals surface area contributed by atoms with Crippen LogP contribution < -0.4 is 11.1 Å². The monoisotopic (exact) mass is 250 g/mol. The maximum absolute atomic E-state index is 11.2. The second kappa shape index (κ2) is 10.0. The molecule has 0 aromatic heterocycles. The summed E-state index contributed by atoms with van der Waals surface area (Å²) in [6, 6.07) is -1.26. The van der Waals surface area contributed by atoms with Crippen molar-refractivity contribution in [2.24, 2.45) is 5.73 Å². The third-order valence-electron chi connectivity index (χ3n) is 1.74. The van der Waals surface area contributed by atoms with Crippen LogP contribution in [0.15, 0.2) is 0 Å². The van der Waals surface area contributed by atoms with Crippen molar-refractivity contribution in [2.75, 3.05) is 26.8 Å². The van der Waals surface area contributed by atoms with Crippen molar-refractivity contribution in [3.63, 3.8) is 0 Å². The number of esters is 2. The van der Waals surface area contributed by atoms with Gasteiger partial charge in [-0.1, -0.05) is 6.37 Å². The Balaban J connectivity index is 4.50. The van der Waals surface area contributed by atoms with E-state index in [9.17, 15) is 9.59 Å². The van der Waals surface area contributed by atoms with Gasteiger partial charge in [0.25, 0.3) is 0 Å². The molecule has 0 aliphatic carbocycles. The van der Waals surface area contributed by atoms with Gasteiger partial charge in [0.05, 0.1) is 20.3 Å². The van der Waals surface area contributed by atoms with Crippen LogP contribution in [0.4, 0.5) is 0 Å². The molecule has 0 amide bonds. The van der Waals surface area contributed by atoms with E-state index in [2.05, 4.69) is 14.8 Å². The zero-order valence-electron chi connectivity index (χ0n) is 14.1. The molecule has 0 unspecified atom stereocenters. The van der Waals surface area contributed by atoms with E-state index in [1.807, 2.05) is 0 Å². The highest BCUT2D eigenvalue weighted by Crippen LogP contribution is 1.99. The van der Waals surface area contributed by atoms with Crippen molar-refractivity contribution in [3.8, 4) is 0 Å². The minimum Gasteiger partial charge on any atom is -0.468 e. The minimum atomic E-state index is -2.37. The zero-order valence-corrected chi connectivity index (χ0v) is 10.1. The second-order valence-corrected chi connectivity index (χ2v) is 3.10. The molecule has 6 heteroatoms. The highest BCUT2D eigenvalue weighted by Gasteiger charge is 2.12. The first-order valence-corrected chi connectivity index (χ1v) is 5.27. The SMILES string of the molecule is [2H]C([2H])(CNCC(=O)OCC)C([2H])([2H])C[C@@H](N)C(=O)OC. The fourth-order valence-corrected chi connectivity index (χ4v) is 0.918. The molecule has 1 atom stereocenters. The Labute approximate surface area is 107 Å². The normalized spacial score (nSPS) is 17.1. The highest BCUT2D eigenvalue weighted by molar-refractivity contribution is 5.75. The first-order chi connectivity index (χ1) is 9.57. The molecule has 0 aliphatic rings. The summed E-state index contributed by atoms with van der Waals surface area (Å²) in [5.74, 6) is -1.37. The van der Waals surface area contributed by atoms with Crippen LogP contribution in [0.2, 0.25) is 0 Å². The van der Waals surface area contributed by atoms with E-state index in [0.717, 1.165) is 7.11 Å². The summed E-state index contributed by atoms with van der Waals surface area (Å²) in [4.78, 5) is 22.3. The molecule has 0 heterocycles. The number of hydrogen-bond donors (Lipinski definition) is 2. The predicted molar refractivity (Wildman–Crippen MR) is 63.3 cm³/mol. The van der Waals surface area contributed by atoms with E-state index in [-0.39, 0.29) is 13.2 Å². The minimum absolute atomic E-state index is 0.211. The van der Waals surface area contributed by atoms with Crippen molar-refractivity contribution in [2.45, 2.75) is 32.1 Å². The Morgan fingerprint density at radius 3 is 2.76 bits per heavy atom. The third kappa shape index (κ3) is 8.65. The molecule has 100 valence electrons. The van der Waals surface area contributed by atoms with Crippen LogP contribution in [-0.4, -0.2) is 44.8 Å². The van der Waals surface area contributed by atoms with Crippen LogP contribution in [0.1, 0.15) is 31.6 Å². The fraction of sp³-hybridized carbons (Fsp3) is 0.818. The summed E-state index contributed by atoms with van der Waals surface area (Å²) in [5, 5.41) is 2.49. The van der Waals surface area contributed by atoms with Crippen molar-refractivity contribution in [3.05, 3.63) is 0 Å². The average molecular weight is 250 g/mol. The molecule has 0 bridgehead atoms. The van der Waals surface area contributed by atoms with Gasteiger partial charge in [0.15, 0.2) is 0 Å². The number of ether oxygens (including phenoxy) is 2. The summed E-state index contributed by atoms with van der Waals surface area (Å²) >= 11 is 0. The molecule has 0 rings (SSSR count). The number of hydrogen-bond acceptors (Lipinski definition) is 6. The molecule has 0 fully saturated rings. The van der Waals surface area contributed by atoms with Gasteiger partial charge in [0.1, 0.15) is 6.04 Å². The Bertz CT molecular complexity index is 366.